The molecule has 0 saturated heterocycles. The molecule has 3 heteroatoms. The van der Waals surface area contributed by atoms with Crippen LogP contribution in [0, 0.1) is 0 Å². The normalized spacial score (nSPS) is 11.3. The lowest BCUT2D eigenvalue weighted by Gasteiger charge is -2.27. The Kier molecular flexibility index (Phi) is 7.14. The number of anilines is 3. The monoisotopic (exact) mass is 625 g/mol. The van der Waals surface area contributed by atoms with E-state index < -0.39 is 0 Å². The molecule has 0 amide bonds. The summed E-state index contributed by atoms with van der Waals surface area (Å²) in [6.45, 7) is 0. The van der Waals surface area contributed by atoms with Crippen LogP contribution in [-0.2, 0) is 0 Å². The van der Waals surface area contributed by atoms with Crippen LogP contribution in [0.5, 0.6) is 0 Å². The van der Waals surface area contributed by atoms with Crippen LogP contribution >= 0.6 is 0 Å². The topological polar surface area (TPSA) is 29.0 Å². The molecule has 0 aliphatic heterocycles. The molecule has 0 unspecified atom stereocenters. The van der Waals surface area contributed by atoms with Gasteiger partial charge in [-0.1, -0.05) is 152 Å². The Balaban J connectivity index is 1.25. The second-order valence-electron chi connectivity index (χ2n) is 12.2. The molecule has 0 atom stereocenters. The Morgan fingerprint density at radius 1 is 0.347 bits per heavy atom. The second-order valence-corrected chi connectivity index (χ2v) is 12.2. The van der Waals surface area contributed by atoms with Gasteiger partial charge >= 0.3 is 0 Å². The van der Waals surface area contributed by atoms with Gasteiger partial charge in [0.05, 0.1) is 28.1 Å². The van der Waals surface area contributed by atoms with Gasteiger partial charge in [-0.15, -0.1) is 0 Å². The van der Waals surface area contributed by atoms with Crippen molar-refractivity contribution in [2.45, 2.75) is 0 Å². The number of nitrogens with zero attached hydrogens (tertiary/aromatic N) is 3. The van der Waals surface area contributed by atoms with Crippen molar-refractivity contribution >= 4 is 49.6 Å². The van der Waals surface area contributed by atoms with E-state index in [0.29, 0.717) is 0 Å². The minimum Gasteiger partial charge on any atom is -0.310 e. The highest BCUT2D eigenvalue weighted by atomic mass is 15.1. The number of aromatic nitrogens is 2. The van der Waals surface area contributed by atoms with Crippen molar-refractivity contribution in [2.75, 3.05) is 4.90 Å². The maximum atomic E-state index is 5.35. The molecule has 3 nitrogen and oxygen atoms in total. The summed E-state index contributed by atoms with van der Waals surface area (Å²) in [5.41, 5.74) is 11.3. The number of benzene rings is 8. The maximum Gasteiger partial charge on any atom is 0.0973 e. The average molecular weight is 626 g/mol. The van der Waals surface area contributed by atoms with Gasteiger partial charge in [0.25, 0.3) is 0 Å². The number of rotatable bonds is 6. The molecule has 49 heavy (non-hydrogen) atoms. The molecule has 8 aromatic carbocycles. The smallest absolute Gasteiger partial charge is 0.0973 e. The van der Waals surface area contributed by atoms with E-state index in [2.05, 4.69) is 181 Å². The van der Waals surface area contributed by atoms with Crippen LogP contribution in [0.25, 0.3) is 66.2 Å². The summed E-state index contributed by atoms with van der Waals surface area (Å²) in [7, 11) is 0. The molecule has 0 aliphatic rings. The molecule has 9 rings (SSSR count). The molecule has 0 bridgehead atoms. The highest BCUT2D eigenvalue weighted by Crippen LogP contribution is 2.42. The maximum absolute atomic E-state index is 5.35. The van der Waals surface area contributed by atoms with Gasteiger partial charge in [-0.2, -0.15) is 0 Å². The van der Waals surface area contributed by atoms with E-state index >= 15 is 0 Å². The zero-order valence-electron chi connectivity index (χ0n) is 26.7. The minimum atomic E-state index is 0.875. The van der Waals surface area contributed by atoms with Crippen LogP contribution in [0.2, 0.25) is 0 Å². The molecule has 230 valence electrons. The van der Waals surface area contributed by atoms with Crippen LogP contribution in [0.3, 0.4) is 0 Å². The van der Waals surface area contributed by atoms with Crippen molar-refractivity contribution < 1.29 is 0 Å². The van der Waals surface area contributed by atoms with Crippen molar-refractivity contribution in [3.8, 4) is 33.6 Å². The first kappa shape index (κ1) is 28.6. The Hall–Kier alpha value is -6.58. The van der Waals surface area contributed by atoms with Crippen LogP contribution in [0.4, 0.5) is 17.1 Å². The number of hydrogen-bond donors (Lipinski definition) is 0. The van der Waals surface area contributed by atoms with Crippen molar-refractivity contribution in [3.05, 3.63) is 188 Å². The Labute approximate surface area is 285 Å². The van der Waals surface area contributed by atoms with Crippen LogP contribution in [0.1, 0.15) is 0 Å². The zero-order chi connectivity index (χ0) is 32.6. The molecule has 0 aliphatic carbocycles. The van der Waals surface area contributed by atoms with Crippen molar-refractivity contribution in [3.63, 3.8) is 0 Å². The predicted molar refractivity (Wildman–Crippen MR) is 206 cm³/mol. The van der Waals surface area contributed by atoms with E-state index in [9.17, 15) is 0 Å². The first-order chi connectivity index (χ1) is 24.3. The van der Waals surface area contributed by atoms with Crippen LogP contribution in [0.15, 0.2) is 188 Å². The number of hydrogen-bond acceptors (Lipinski definition) is 3. The molecule has 0 N–H and O–H groups in total. The summed E-state index contributed by atoms with van der Waals surface area (Å²) in [4.78, 5) is 12.9. The fraction of sp³-hybridized carbons (Fsp3) is 0. The quantitative estimate of drug-likeness (QED) is 0.172. The Morgan fingerprint density at radius 2 is 0.939 bits per heavy atom. The third-order valence-corrected chi connectivity index (χ3v) is 9.21. The lowest BCUT2D eigenvalue weighted by molar-refractivity contribution is 1.29. The van der Waals surface area contributed by atoms with Gasteiger partial charge in [0.2, 0.25) is 0 Å². The average Bonchev–Trinajstić information content (AvgIpc) is 3.18. The van der Waals surface area contributed by atoms with Crippen molar-refractivity contribution in [1.82, 2.24) is 9.97 Å². The van der Waals surface area contributed by atoms with E-state index in [-0.39, 0.29) is 0 Å². The van der Waals surface area contributed by atoms with E-state index in [4.69, 9.17) is 9.97 Å². The zero-order valence-corrected chi connectivity index (χ0v) is 26.7. The Bertz CT molecular complexity index is 2590. The fourth-order valence-corrected chi connectivity index (χ4v) is 6.85. The number of fused-ring (bicyclic) bond motifs is 4. The highest BCUT2D eigenvalue weighted by Gasteiger charge is 2.19. The van der Waals surface area contributed by atoms with E-state index in [1.807, 2.05) is 12.1 Å². The molecule has 0 spiro atoms. The highest BCUT2D eigenvalue weighted by molar-refractivity contribution is 6.07. The van der Waals surface area contributed by atoms with Gasteiger partial charge in [0, 0.05) is 33.3 Å². The van der Waals surface area contributed by atoms with Gasteiger partial charge in [-0.3, -0.25) is 0 Å². The largest absolute Gasteiger partial charge is 0.310 e. The third kappa shape index (κ3) is 5.28. The van der Waals surface area contributed by atoms with Crippen LogP contribution < -0.4 is 4.90 Å². The fourth-order valence-electron chi connectivity index (χ4n) is 6.85. The molecule has 9 aromatic rings. The van der Waals surface area contributed by atoms with E-state index in [1.165, 1.54) is 21.9 Å². The van der Waals surface area contributed by atoms with Crippen molar-refractivity contribution in [1.29, 1.82) is 0 Å². The molecule has 0 saturated carbocycles. The van der Waals surface area contributed by atoms with Gasteiger partial charge < -0.3 is 4.90 Å². The summed E-state index contributed by atoms with van der Waals surface area (Å²) in [5.74, 6) is 0. The molecule has 0 fully saturated rings. The first-order valence-corrected chi connectivity index (χ1v) is 16.6. The summed E-state index contributed by atoms with van der Waals surface area (Å²) >= 11 is 0. The summed E-state index contributed by atoms with van der Waals surface area (Å²) in [6, 6.07) is 66.2. The summed E-state index contributed by atoms with van der Waals surface area (Å²) in [6.07, 6.45) is 0. The Morgan fingerprint density at radius 3 is 1.69 bits per heavy atom. The van der Waals surface area contributed by atoms with Gasteiger partial charge in [0.1, 0.15) is 0 Å². The predicted octanol–water partition coefficient (Wildman–Crippen LogP) is 12.4. The van der Waals surface area contributed by atoms with E-state index in [1.54, 1.807) is 0 Å². The minimum absolute atomic E-state index is 0.875. The lowest BCUT2D eigenvalue weighted by atomic mass is 10.0. The van der Waals surface area contributed by atoms with Gasteiger partial charge in [0.15, 0.2) is 0 Å². The van der Waals surface area contributed by atoms with E-state index in [0.717, 1.165) is 61.4 Å². The summed E-state index contributed by atoms with van der Waals surface area (Å²) < 4.78 is 0. The van der Waals surface area contributed by atoms with Gasteiger partial charge in [-0.05, 0) is 58.3 Å². The lowest BCUT2D eigenvalue weighted by Crippen LogP contribution is -2.10. The standard InChI is InChI=1S/C46H31N3/c1-4-14-32(15-5-1)36-22-12-23-38(30-36)49(43-25-13-21-33-16-10-11-24-40(33)43)39-27-28-41-37(31-39)26-29-42-46(41)48-45(35-19-8-3-9-20-35)44(47-42)34-17-6-2-7-18-34/h1-31H. The second kappa shape index (κ2) is 12.2. The van der Waals surface area contributed by atoms with Gasteiger partial charge in [-0.25, -0.2) is 9.97 Å². The molecular formula is C46H31N3. The molecule has 0 radical (unpaired) electrons. The molecular weight excluding hydrogens is 595 g/mol. The van der Waals surface area contributed by atoms with Crippen molar-refractivity contribution in [2.24, 2.45) is 0 Å². The third-order valence-electron chi connectivity index (χ3n) is 9.21. The molecule has 1 aromatic heterocycles. The van der Waals surface area contributed by atoms with Crippen LogP contribution in [-0.4, -0.2) is 9.97 Å². The first-order valence-electron chi connectivity index (χ1n) is 16.6. The summed E-state index contributed by atoms with van der Waals surface area (Å²) in [5, 5.41) is 4.58. The SMILES string of the molecule is c1ccc(-c2cccc(N(c3ccc4c(ccc5nc(-c6ccccc6)c(-c6ccccc6)nc54)c3)c3cccc4ccccc34)c2)cc1. The molecule has 1 heterocycles.